The van der Waals surface area contributed by atoms with Crippen LogP contribution < -0.4 is 10.9 Å². The van der Waals surface area contributed by atoms with E-state index in [2.05, 4.69) is 5.32 Å². The zero-order valence-electron chi connectivity index (χ0n) is 8.47. The molecule has 0 bridgehead atoms. The van der Waals surface area contributed by atoms with Crippen LogP contribution in [0.4, 0.5) is 5.69 Å². The molecule has 82 valence electrons. The summed E-state index contributed by atoms with van der Waals surface area (Å²) in [6, 6.07) is 2.72. The van der Waals surface area contributed by atoms with Crippen molar-refractivity contribution in [2.24, 2.45) is 0 Å². The quantitative estimate of drug-likeness (QED) is 0.433. The lowest BCUT2D eigenvalue weighted by molar-refractivity contribution is -0.386. The van der Waals surface area contributed by atoms with Gasteiger partial charge in [-0.15, -0.1) is 0 Å². The average molecular weight is 211 g/mol. The molecular weight excluding hydrogens is 198 g/mol. The van der Waals surface area contributed by atoms with E-state index >= 15 is 0 Å². The van der Waals surface area contributed by atoms with Crippen molar-refractivity contribution in [2.45, 2.75) is 13.5 Å². The molecule has 0 spiro atoms. The predicted molar refractivity (Wildman–Crippen MR) is 55.9 cm³/mol. The normalized spacial score (nSPS) is 10.2. The van der Waals surface area contributed by atoms with E-state index in [1.807, 2.05) is 6.92 Å². The number of nitro groups is 1. The monoisotopic (exact) mass is 211 g/mol. The van der Waals surface area contributed by atoms with Gasteiger partial charge in [0.25, 0.3) is 0 Å². The van der Waals surface area contributed by atoms with Crippen LogP contribution in [0.2, 0.25) is 0 Å². The summed E-state index contributed by atoms with van der Waals surface area (Å²) in [6.07, 6.45) is 1.55. The Morgan fingerprint density at radius 1 is 1.60 bits per heavy atom. The molecule has 0 saturated carbocycles. The molecule has 1 aromatic heterocycles. The second-order valence-electron chi connectivity index (χ2n) is 3.00. The van der Waals surface area contributed by atoms with Gasteiger partial charge in [0.1, 0.15) is 0 Å². The summed E-state index contributed by atoms with van der Waals surface area (Å²) in [5, 5.41) is 13.5. The first kappa shape index (κ1) is 11.4. The molecule has 1 rings (SSSR count). The molecule has 0 aliphatic carbocycles. The van der Waals surface area contributed by atoms with Gasteiger partial charge in [0.15, 0.2) is 0 Å². The average Bonchev–Trinajstić information content (AvgIpc) is 2.20. The Balaban J connectivity index is 2.85. The maximum atomic E-state index is 11.5. The zero-order chi connectivity index (χ0) is 11.3. The summed E-state index contributed by atoms with van der Waals surface area (Å²) in [5.41, 5.74) is -0.936. The van der Waals surface area contributed by atoms with Gasteiger partial charge < -0.3 is 9.88 Å². The van der Waals surface area contributed by atoms with Crippen LogP contribution in [0.15, 0.2) is 23.1 Å². The van der Waals surface area contributed by atoms with E-state index in [1.165, 1.54) is 16.7 Å². The van der Waals surface area contributed by atoms with Gasteiger partial charge >= 0.3 is 11.2 Å². The van der Waals surface area contributed by atoms with Crippen molar-refractivity contribution in [1.29, 1.82) is 0 Å². The van der Waals surface area contributed by atoms with Gasteiger partial charge in [0, 0.05) is 25.4 Å². The third kappa shape index (κ3) is 2.88. The number of hydrogen-bond acceptors (Lipinski definition) is 4. The molecule has 6 nitrogen and oxygen atoms in total. The van der Waals surface area contributed by atoms with Gasteiger partial charge in [0.2, 0.25) is 0 Å². The standard InChI is InChI=1S/C9H13N3O3/c1-2-10-5-7-11-6-3-4-8(9(11)13)12(14)15/h3-4,6,10H,2,5,7H2,1H3. The van der Waals surface area contributed by atoms with Crippen LogP contribution in [0, 0.1) is 10.1 Å². The number of nitrogens with one attached hydrogen (secondary N) is 1. The molecule has 6 heteroatoms. The Morgan fingerprint density at radius 3 is 2.93 bits per heavy atom. The lowest BCUT2D eigenvalue weighted by Gasteiger charge is -2.04. The van der Waals surface area contributed by atoms with Crippen LogP contribution in [0.3, 0.4) is 0 Å². The number of likely N-dealkylation sites (N-methyl/N-ethyl adjacent to an activating group) is 1. The molecule has 0 aliphatic heterocycles. The number of nitrogens with zero attached hydrogens (tertiary/aromatic N) is 2. The maximum absolute atomic E-state index is 11.5. The molecule has 0 aromatic carbocycles. The van der Waals surface area contributed by atoms with Gasteiger partial charge in [-0.3, -0.25) is 14.9 Å². The molecule has 0 fully saturated rings. The minimum atomic E-state index is -0.661. The second kappa shape index (κ2) is 5.26. The van der Waals surface area contributed by atoms with Crippen molar-refractivity contribution >= 4 is 5.69 Å². The van der Waals surface area contributed by atoms with E-state index in [0.717, 1.165) is 6.54 Å². The van der Waals surface area contributed by atoms with Crippen LogP contribution in [-0.2, 0) is 6.54 Å². The highest BCUT2D eigenvalue weighted by molar-refractivity contribution is 5.24. The van der Waals surface area contributed by atoms with Crippen molar-refractivity contribution < 1.29 is 4.92 Å². The molecule has 0 unspecified atom stereocenters. The van der Waals surface area contributed by atoms with Gasteiger partial charge in [-0.05, 0) is 12.6 Å². The minimum absolute atomic E-state index is 0.381. The fraction of sp³-hybridized carbons (Fsp3) is 0.444. The summed E-state index contributed by atoms with van der Waals surface area (Å²) in [4.78, 5) is 21.3. The van der Waals surface area contributed by atoms with Gasteiger partial charge in [0.05, 0.1) is 4.92 Å². The zero-order valence-corrected chi connectivity index (χ0v) is 8.47. The summed E-state index contributed by atoms with van der Waals surface area (Å²) in [7, 11) is 0. The summed E-state index contributed by atoms with van der Waals surface area (Å²) >= 11 is 0. The van der Waals surface area contributed by atoms with Crippen LogP contribution in [0.5, 0.6) is 0 Å². The molecule has 0 amide bonds. The first-order chi connectivity index (χ1) is 7.16. The summed E-state index contributed by atoms with van der Waals surface area (Å²) < 4.78 is 1.33. The Labute approximate surface area is 86.7 Å². The Kier molecular flexibility index (Phi) is 3.99. The Morgan fingerprint density at radius 2 is 2.33 bits per heavy atom. The van der Waals surface area contributed by atoms with E-state index in [-0.39, 0.29) is 5.69 Å². The van der Waals surface area contributed by atoms with E-state index in [1.54, 1.807) is 6.20 Å². The van der Waals surface area contributed by atoms with E-state index in [0.29, 0.717) is 13.1 Å². The third-order valence-electron chi connectivity index (χ3n) is 1.98. The highest BCUT2D eigenvalue weighted by atomic mass is 16.6. The maximum Gasteiger partial charge on any atom is 0.334 e. The summed E-state index contributed by atoms with van der Waals surface area (Å²) in [5.74, 6) is 0. The molecular formula is C9H13N3O3. The SMILES string of the molecule is CCNCCn1cccc([N+](=O)[O-])c1=O. The van der Waals surface area contributed by atoms with Gasteiger partial charge in [-0.25, -0.2) is 0 Å². The van der Waals surface area contributed by atoms with E-state index in [4.69, 9.17) is 0 Å². The number of pyridine rings is 1. The van der Waals surface area contributed by atoms with Crippen molar-refractivity contribution in [3.63, 3.8) is 0 Å². The predicted octanol–water partition coefficient (Wildman–Crippen LogP) is 0.366. The van der Waals surface area contributed by atoms with Crippen molar-refractivity contribution in [3.8, 4) is 0 Å². The third-order valence-corrected chi connectivity index (χ3v) is 1.98. The van der Waals surface area contributed by atoms with Crippen LogP contribution in [0.1, 0.15) is 6.92 Å². The second-order valence-corrected chi connectivity index (χ2v) is 3.00. The molecule has 0 aliphatic rings. The lowest BCUT2D eigenvalue weighted by Crippen LogP contribution is -2.27. The first-order valence-electron chi connectivity index (χ1n) is 4.71. The minimum Gasteiger partial charge on any atom is -0.315 e. The Bertz CT molecular complexity index is 400. The van der Waals surface area contributed by atoms with E-state index < -0.39 is 10.5 Å². The molecule has 1 heterocycles. The van der Waals surface area contributed by atoms with Gasteiger partial charge in [-0.2, -0.15) is 0 Å². The molecule has 0 atom stereocenters. The molecule has 0 saturated heterocycles. The lowest BCUT2D eigenvalue weighted by atomic mass is 10.4. The van der Waals surface area contributed by atoms with Crippen molar-refractivity contribution in [2.75, 3.05) is 13.1 Å². The fourth-order valence-electron chi connectivity index (χ4n) is 1.22. The first-order valence-corrected chi connectivity index (χ1v) is 4.71. The van der Waals surface area contributed by atoms with E-state index in [9.17, 15) is 14.9 Å². The number of hydrogen-bond donors (Lipinski definition) is 1. The topological polar surface area (TPSA) is 77.2 Å². The van der Waals surface area contributed by atoms with Gasteiger partial charge in [-0.1, -0.05) is 6.92 Å². The number of aromatic nitrogens is 1. The fourth-order valence-corrected chi connectivity index (χ4v) is 1.22. The molecule has 1 aromatic rings. The molecule has 15 heavy (non-hydrogen) atoms. The number of rotatable bonds is 5. The summed E-state index contributed by atoms with van der Waals surface area (Å²) in [6.45, 7) is 3.83. The van der Waals surface area contributed by atoms with Crippen molar-refractivity contribution in [1.82, 2.24) is 9.88 Å². The van der Waals surface area contributed by atoms with Crippen LogP contribution >= 0.6 is 0 Å². The van der Waals surface area contributed by atoms with Crippen molar-refractivity contribution in [3.05, 3.63) is 38.8 Å². The molecule has 1 N–H and O–H groups in total. The highest BCUT2D eigenvalue weighted by Crippen LogP contribution is 2.01. The molecule has 0 radical (unpaired) electrons. The van der Waals surface area contributed by atoms with Crippen LogP contribution in [0.25, 0.3) is 0 Å². The largest absolute Gasteiger partial charge is 0.334 e. The Hall–Kier alpha value is -1.69. The van der Waals surface area contributed by atoms with Crippen LogP contribution in [-0.4, -0.2) is 22.6 Å². The highest BCUT2D eigenvalue weighted by Gasteiger charge is 2.12. The smallest absolute Gasteiger partial charge is 0.315 e.